The number of nitrogens with zero attached hydrogens (tertiary/aromatic N) is 2. The SMILES string of the molecule is COC(=O)C1CCN(C(=O)N2CCC(C)(C(=O)O)CC2)C1. The van der Waals surface area contributed by atoms with Crippen LogP contribution in [0.3, 0.4) is 0 Å². The van der Waals surface area contributed by atoms with Crippen LogP contribution < -0.4 is 0 Å². The van der Waals surface area contributed by atoms with E-state index >= 15 is 0 Å². The van der Waals surface area contributed by atoms with E-state index in [2.05, 4.69) is 0 Å². The number of hydrogen-bond acceptors (Lipinski definition) is 4. The van der Waals surface area contributed by atoms with E-state index in [0.717, 1.165) is 0 Å². The Kier molecular flexibility index (Phi) is 4.39. The third kappa shape index (κ3) is 3.11. The Morgan fingerprint density at radius 1 is 1.14 bits per heavy atom. The number of ether oxygens (including phenoxy) is 1. The van der Waals surface area contributed by atoms with Gasteiger partial charge in [-0.3, -0.25) is 9.59 Å². The predicted molar refractivity (Wildman–Crippen MR) is 73.6 cm³/mol. The predicted octanol–water partition coefficient (Wildman–Crippen LogP) is 0.788. The number of carbonyl (C=O) groups is 3. The van der Waals surface area contributed by atoms with E-state index in [1.807, 2.05) is 0 Å². The van der Waals surface area contributed by atoms with Crippen LogP contribution in [0.4, 0.5) is 4.79 Å². The van der Waals surface area contributed by atoms with Crippen molar-refractivity contribution >= 4 is 18.0 Å². The van der Waals surface area contributed by atoms with Gasteiger partial charge in [0.05, 0.1) is 18.4 Å². The molecule has 1 atom stereocenters. The van der Waals surface area contributed by atoms with Gasteiger partial charge < -0.3 is 19.6 Å². The number of amides is 2. The molecule has 2 aliphatic heterocycles. The summed E-state index contributed by atoms with van der Waals surface area (Å²) in [5.41, 5.74) is -0.740. The Labute approximate surface area is 123 Å². The second-order valence-electron chi connectivity index (χ2n) is 6.09. The number of hydrogen-bond donors (Lipinski definition) is 1. The highest BCUT2D eigenvalue weighted by Crippen LogP contribution is 2.32. The standard InChI is InChI=1S/C14H22N2O5/c1-14(12(18)19)4-7-15(8-5-14)13(20)16-6-3-10(9-16)11(17)21-2/h10H,3-9H2,1-2H3,(H,18,19). The number of piperidine rings is 1. The minimum absolute atomic E-state index is 0.103. The zero-order chi connectivity index (χ0) is 15.6. The summed E-state index contributed by atoms with van der Waals surface area (Å²) < 4.78 is 4.71. The van der Waals surface area contributed by atoms with E-state index in [1.165, 1.54) is 7.11 Å². The molecule has 0 aliphatic carbocycles. The summed E-state index contributed by atoms with van der Waals surface area (Å²) in [7, 11) is 1.35. The van der Waals surface area contributed by atoms with Gasteiger partial charge in [0.15, 0.2) is 0 Å². The molecule has 0 saturated carbocycles. The first kappa shape index (κ1) is 15.6. The van der Waals surface area contributed by atoms with E-state index < -0.39 is 11.4 Å². The van der Waals surface area contributed by atoms with Gasteiger partial charge in [-0.15, -0.1) is 0 Å². The topological polar surface area (TPSA) is 87.2 Å². The number of likely N-dealkylation sites (tertiary alicyclic amines) is 2. The van der Waals surface area contributed by atoms with E-state index in [4.69, 9.17) is 4.74 Å². The zero-order valence-corrected chi connectivity index (χ0v) is 12.5. The van der Waals surface area contributed by atoms with Crippen LogP contribution >= 0.6 is 0 Å². The number of aliphatic carboxylic acids is 1. The minimum atomic E-state index is -0.804. The van der Waals surface area contributed by atoms with Crippen LogP contribution in [-0.4, -0.2) is 66.2 Å². The van der Waals surface area contributed by atoms with Crippen molar-refractivity contribution in [2.45, 2.75) is 26.2 Å². The van der Waals surface area contributed by atoms with Crippen LogP contribution in [-0.2, 0) is 14.3 Å². The van der Waals surface area contributed by atoms with Crippen molar-refractivity contribution in [2.75, 3.05) is 33.3 Å². The number of carbonyl (C=O) groups excluding carboxylic acids is 2. The summed E-state index contributed by atoms with van der Waals surface area (Å²) in [5.74, 6) is -1.32. The molecule has 0 aromatic carbocycles. The number of carboxylic acid groups (broad SMARTS) is 1. The third-order valence-electron chi connectivity index (χ3n) is 4.65. The molecule has 0 spiro atoms. The molecular formula is C14H22N2O5. The van der Waals surface area contributed by atoms with Crippen LogP contribution in [0.25, 0.3) is 0 Å². The number of rotatable bonds is 2. The second kappa shape index (κ2) is 5.91. The highest BCUT2D eigenvalue weighted by Gasteiger charge is 2.40. The summed E-state index contributed by atoms with van der Waals surface area (Å²) in [6.07, 6.45) is 1.55. The quantitative estimate of drug-likeness (QED) is 0.762. The van der Waals surface area contributed by atoms with Crippen LogP contribution in [0.5, 0.6) is 0 Å². The van der Waals surface area contributed by atoms with Crippen LogP contribution in [0, 0.1) is 11.3 Å². The largest absolute Gasteiger partial charge is 0.481 e. The number of urea groups is 1. The number of methoxy groups -OCH3 is 1. The molecule has 0 aromatic rings. The van der Waals surface area contributed by atoms with Gasteiger partial charge in [0.1, 0.15) is 0 Å². The second-order valence-corrected chi connectivity index (χ2v) is 6.09. The maximum atomic E-state index is 12.4. The molecule has 2 saturated heterocycles. The van der Waals surface area contributed by atoms with Crippen molar-refractivity contribution in [1.82, 2.24) is 9.80 Å². The molecule has 2 rings (SSSR count). The summed E-state index contributed by atoms with van der Waals surface area (Å²) >= 11 is 0. The Morgan fingerprint density at radius 2 is 1.76 bits per heavy atom. The first-order valence-corrected chi connectivity index (χ1v) is 7.22. The van der Waals surface area contributed by atoms with E-state index in [-0.39, 0.29) is 17.9 Å². The maximum Gasteiger partial charge on any atom is 0.320 e. The fraction of sp³-hybridized carbons (Fsp3) is 0.786. The van der Waals surface area contributed by atoms with Crippen LogP contribution in [0.2, 0.25) is 0 Å². The van der Waals surface area contributed by atoms with Gasteiger partial charge in [-0.25, -0.2) is 4.79 Å². The summed E-state index contributed by atoms with van der Waals surface area (Å²) in [4.78, 5) is 38.4. The monoisotopic (exact) mass is 298 g/mol. The van der Waals surface area contributed by atoms with Gasteiger partial charge in [-0.1, -0.05) is 0 Å². The lowest BCUT2D eigenvalue weighted by Gasteiger charge is -2.38. The maximum absolute atomic E-state index is 12.4. The van der Waals surface area contributed by atoms with Crippen molar-refractivity contribution in [3.8, 4) is 0 Å². The molecule has 2 aliphatic rings. The molecule has 2 amide bonds. The first-order chi connectivity index (χ1) is 9.87. The molecule has 118 valence electrons. The Bertz CT molecular complexity index is 443. The van der Waals surface area contributed by atoms with Crippen LogP contribution in [0.1, 0.15) is 26.2 Å². The molecule has 1 unspecified atom stereocenters. The third-order valence-corrected chi connectivity index (χ3v) is 4.65. The summed E-state index contributed by atoms with van der Waals surface area (Å²) in [6, 6.07) is -0.103. The highest BCUT2D eigenvalue weighted by molar-refractivity contribution is 5.79. The van der Waals surface area contributed by atoms with E-state index in [9.17, 15) is 19.5 Å². The first-order valence-electron chi connectivity index (χ1n) is 7.22. The molecular weight excluding hydrogens is 276 g/mol. The summed E-state index contributed by atoms with van der Waals surface area (Å²) in [5, 5.41) is 9.19. The fourth-order valence-corrected chi connectivity index (χ4v) is 2.90. The van der Waals surface area contributed by atoms with Gasteiger partial charge in [0.25, 0.3) is 0 Å². The zero-order valence-electron chi connectivity index (χ0n) is 12.5. The molecule has 1 N–H and O–H groups in total. The van der Waals surface area contributed by atoms with Gasteiger partial charge >= 0.3 is 18.0 Å². The lowest BCUT2D eigenvalue weighted by molar-refractivity contribution is -0.150. The van der Waals surface area contributed by atoms with Gasteiger partial charge in [0, 0.05) is 26.2 Å². The molecule has 2 fully saturated rings. The molecule has 7 heteroatoms. The fourth-order valence-electron chi connectivity index (χ4n) is 2.90. The van der Waals surface area contributed by atoms with E-state index in [1.54, 1.807) is 16.7 Å². The Balaban J connectivity index is 1.89. The van der Waals surface area contributed by atoms with E-state index in [0.29, 0.717) is 45.4 Å². The van der Waals surface area contributed by atoms with Gasteiger partial charge in [-0.2, -0.15) is 0 Å². The minimum Gasteiger partial charge on any atom is -0.481 e. The Hall–Kier alpha value is -1.79. The van der Waals surface area contributed by atoms with Crippen molar-refractivity contribution in [3.63, 3.8) is 0 Å². The number of carboxylic acids is 1. The van der Waals surface area contributed by atoms with Crippen molar-refractivity contribution in [2.24, 2.45) is 11.3 Å². The molecule has 21 heavy (non-hydrogen) atoms. The van der Waals surface area contributed by atoms with Gasteiger partial charge in [-0.05, 0) is 26.2 Å². The molecule has 0 radical (unpaired) electrons. The van der Waals surface area contributed by atoms with Crippen molar-refractivity contribution in [3.05, 3.63) is 0 Å². The number of esters is 1. The van der Waals surface area contributed by atoms with Crippen molar-refractivity contribution < 1.29 is 24.2 Å². The smallest absolute Gasteiger partial charge is 0.320 e. The lowest BCUT2D eigenvalue weighted by atomic mass is 9.80. The lowest BCUT2D eigenvalue weighted by Crippen LogP contribution is -2.49. The molecule has 0 aromatic heterocycles. The normalized spacial score (nSPS) is 24.8. The average molecular weight is 298 g/mol. The van der Waals surface area contributed by atoms with Gasteiger partial charge in [0.2, 0.25) is 0 Å². The molecule has 7 nitrogen and oxygen atoms in total. The highest BCUT2D eigenvalue weighted by atomic mass is 16.5. The Morgan fingerprint density at radius 3 is 2.29 bits per heavy atom. The average Bonchev–Trinajstić information content (AvgIpc) is 2.96. The molecule has 2 heterocycles. The van der Waals surface area contributed by atoms with Crippen molar-refractivity contribution in [1.29, 1.82) is 0 Å². The summed E-state index contributed by atoms with van der Waals surface area (Å²) in [6.45, 7) is 3.55. The molecule has 0 bridgehead atoms. The van der Waals surface area contributed by atoms with Crippen LogP contribution in [0.15, 0.2) is 0 Å².